The number of hydrogen-bond donors (Lipinski definition) is 7. The van der Waals surface area contributed by atoms with Crippen LogP contribution < -0.4 is 5.32 Å². The van der Waals surface area contributed by atoms with E-state index in [1.807, 2.05) is 0 Å². The largest absolute Gasteiger partial charge is 0.490 e. The summed E-state index contributed by atoms with van der Waals surface area (Å²) in [7, 11) is -16.7. The molecule has 0 spiro atoms. The number of carbonyl (C=O) groups excluding carboxylic acids is 1. The van der Waals surface area contributed by atoms with E-state index in [-0.39, 0.29) is 11.7 Å². The highest BCUT2D eigenvalue weighted by molar-refractivity contribution is 7.66. The van der Waals surface area contributed by atoms with E-state index in [1.165, 1.54) is 24.1 Å². The molecule has 0 aromatic heterocycles. The first-order chi connectivity index (χ1) is 14.5. The summed E-state index contributed by atoms with van der Waals surface area (Å²) in [6.45, 7) is 3.92. The van der Waals surface area contributed by atoms with Gasteiger partial charge in [-0.25, -0.2) is 18.7 Å². The quantitative estimate of drug-likeness (QED) is 0.181. The van der Waals surface area contributed by atoms with Crippen LogP contribution in [0, 0.1) is 0 Å². The van der Waals surface area contributed by atoms with E-state index in [0.717, 1.165) is 0 Å². The number of hydrogen-bond acceptors (Lipinski definition) is 12. The van der Waals surface area contributed by atoms with Crippen molar-refractivity contribution in [2.75, 3.05) is 6.61 Å². The first-order valence-corrected chi connectivity index (χ1v) is 12.8. The molecule has 2 rings (SSSR count). The summed E-state index contributed by atoms with van der Waals surface area (Å²) in [5.41, 5.74) is 0. The van der Waals surface area contributed by atoms with Crippen LogP contribution in [-0.4, -0.2) is 77.6 Å². The lowest BCUT2D eigenvalue weighted by Crippen LogP contribution is -2.42. The van der Waals surface area contributed by atoms with Gasteiger partial charge in [0.2, 0.25) is 5.91 Å². The number of ether oxygens (including phenoxy) is 1. The van der Waals surface area contributed by atoms with Crippen LogP contribution in [0.1, 0.15) is 6.92 Å². The number of nitrogens with zero attached hydrogens (tertiary/aromatic N) is 2. The summed E-state index contributed by atoms with van der Waals surface area (Å²) in [4.78, 5) is 51.8. The Balaban J connectivity index is 2.00. The maximum atomic E-state index is 11.8. The first-order valence-electron chi connectivity index (χ1n) is 8.31. The van der Waals surface area contributed by atoms with Gasteiger partial charge in [-0.3, -0.25) is 9.32 Å². The Morgan fingerprint density at radius 1 is 1.19 bits per heavy atom. The Bertz CT molecular complexity index is 962. The fraction of sp³-hybridized carbons (Fsp3) is 0.500. The Labute approximate surface area is 180 Å². The summed E-state index contributed by atoms with van der Waals surface area (Å²) in [5, 5.41) is 22.8. The summed E-state index contributed by atoms with van der Waals surface area (Å²) in [6.07, 6.45) is -3.39. The minimum atomic E-state index is -5.71. The Morgan fingerprint density at radius 2 is 1.81 bits per heavy atom. The van der Waals surface area contributed by atoms with Gasteiger partial charge in [-0.1, -0.05) is 6.58 Å². The average molecular weight is 523 g/mol. The Morgan fingerprint density at radius 3 is 2.34 bits per heavy atom. The highest BCUT2D eigenvalue weighted by atomic mass is 31.3. The molecule has 6 atom stereocenters. The van der Waals surface area contributed by atoms with E-state index in [4.69, 9.17) is 19.4 Å². The molecule has 20 heteroatoms. The van der Waals surface area contributed by atoms with Crippen LogP contribution in [0.15, 0.2) is 29.7 Å². The monoisotopic (exact) mass is 523 g/mol. The van der Waals surface area contributed by atoms with Crippen LogP contribution in [0.3, 0.4) is 0 Å². The molecule has 0 radical (unpaired) electrons. The molecule has 0 saturated carbocycles. The number of aliphatic hydroxyl groups is 2. The second-order valence-electron chi connectivity index (χ2n) is 6.25. The van der Waals surface area contributed by atoms with Crippen LogP contribution in [0.25, 0.3) is 0 Å². The van der Waals surface area contributed by atoms with E-state index in [0.29, 0.717) is 0 Å². The minimum absolute atomic E-state index is 0.000959. The van der Waals surface area contributed by atoms with Crippen molar-refractivity contribution in [3.8, 4) is 0 Å². The van der Waals surface area contributed by atoms with E-state index in [9.17, 15) is 33.6 Å². The fourth-order valence-corrected chi connectivity index (χ4v) is 5.55. The molecule has 182 valence electrons. The van der Waals surface area contributed by atoms with Crippen LogP contribution in [-0.2, 0) is 36.4 Å². The second kappa shape index (κ2) is 9.91. The molecule has 17 nitrogen and oxygen atoms in total. The van der Waals surface area contributed by atoms with Gasteiger partial charge in [0.25, 0.3) is 0 Å². The molecule has 1 fully saturated rings. The number of amides is 1. The molecule has 2 aliphatic heterocycles. The molecular weight excluding hydrogens is 503 g/mol. The maximum Gasteiger partial charge on any atom is 0.490 e. The molecular formula is C12H20N3O14P3. The number of aliphatic imine (C=N–C) groups is 1. The number of amidine groups is 1. The maximum absolute atomic E-state index is 11.8. The third-order valence-electron chi connectivity index (χ3n) is 3.67. The molecule has 1 saturated heterocycles. The van der Waals surface area contributed by atoms with Crippen molar-refractivity contribution in [1.82, 2.24) is 10.2 Å². The summed E-state index contributed by atoms with van der Waals surface area (Å²) in [6, 6.07) is 0. The van der Waals surface area contributed by atoms with E-state index in [2.05, 4.69) is 30.0 Å². The summed E-state index contributed by atoms with van der Waals surface area (Å²) >= 11 is 0. The molecule has 3 unspecified atom stereocenters. The lowest BCUT2D eigenvalue weighted by atomic mass is 10.1. The normalized spacial score (nSPS) is 29.9. The number of rotatable bonds is 8. The first kappa shape index (κ1) is 27.0. The Kier molecular flexibility index (Phi) is 8.35. The predicted molar refractivity (Wildman–Crippen MR) is 102 cm³/mol. The average Bonchev–Trinajstić information content (AvgIpc) is 2.85. The van der Waals surface area contributed by atoms with Crippen LogP contribution in [0.2, 0.25) is 0 Å². The molecule has 32 heavy (non-hydrogen) atoms. The smallest absolute Gasteiger partial charge is 0.387 e. The molecule has 0 aromatic rings. The van der Waals surface area contributed by atoms with Crippen molar-refractivity contribution in [1.29, 1.82) is 0 Å². The zero-order valence-corrected chi connectivity index (χ0v) is 18.7. The summed E-state index contributed by atoms with van der Waals surface area (Å²) < 4.78 is 50.6. The minimum Gasteiger partial charge on any atom is -0.387 e. The molecule has 2 aliphatic rings. The van der Waals surface area contributed by atoms with Crippen LogP contribution in [0.5, 0.6) is 0 Å². The zero-order chi connectivity index (χ0) is 24.5. The lowest BCUT2D eigenvalue weighted by molar-refractivity contribution is -0.117. The van der Waals surface area contributed by atoms with Crippen molar-refractivity contribution in [2.24, 2.45) is 4.99 Å². The molecule has 2 heterocycles. The Hall–Kier alpha value is -1.29. The number of nitrogens with one attached hydrogen (secondary N) is 1. The number of aliphatic hydroxyl groups excluding tert-OH is 2. The van der Waals surface area contributed by atoms with Crippen LogP contribution in [0.4, 0.5) is 0 Å². The van der Waals surface area contributed by atoms with Gasteiger partial charge in [-0.15, -0.1) is 0 Å². The van der Waals surface area contributed by atoms with Crippen molar-refractivity contribution in [3.63, 3.8) is 0 Å². The van der Waals surface area contributed by atoms with Crippen LogP contribution >= 0.6 is 23.5 Å². The number of carbonyl (C=O) groups is 1. The molecule has 0 aromatic carbocycles. The topological polar surface area (TPSA) is 254 Å². The van der Waals surface area contributed by atoms with Gasteiger partial charge in [0.1, 0.15) is 30.0 Å². The van der Waals surface area contributed by atoms with Gasteiger partial charge < -0.3 is 44.7 Å². The third-order valence-corrected chi connectivity index (χ3v) is 7.48. The van der Waals surface area contributed by atoms with Gasteiger partial charge >= 0.3 is 23.5 Å². The number of phosphoric acid groups is 3. The lowest BCUT2D eigenvalue weighted by Gasteiger charge is -2.30. The molecule has 0 bridgehead atoms. The van der Waals surface area contributed by atoms with Crippen molar-refractivity contribution < 1.29 is 66.2 Å². The van der Waals surface area contributed by atoms with Crippen molar-refractivity contribution in [3.05, 3.63) is 24.7 Å². The zero-order valence-electron chi connectivity index (χ0n) is 16.1. The number of phosphoric ester groups is 1. The third kappa shape index (κ3) is 7.64. The van der Waals surface area contributed by atoms with Gasteiger partial charge in [-0.2, -0.15) is 8.62 Å². The van der Waals surface area contributed by atoms with E-state index < -0.39 is 60.5 Å². The van der Waals surface area contributed by atoms with Gasteiger partial charge in [0.15, 0.2) is 6.23 Å². The SMILES string of the molecule is C=C1N=C(NC(C)=O)C=CN1[C@@H]1O[C@H](COP(=O)(O)OP(=O)(O)OP(=O)(O)O)C(O)[C@@H]1O. The molecule has 0 aliphatic carbocycles. The van der Waals surface area contributed by atoms with Crippen molar-refractivity contribution >= 4 is 35.2 Å². The van der Waals surface area contributed by atoms with Crippen molar-refractivity contribution in [2.45, 2.75) is 31.5 Å². The van der Waals surface area contributed by atoms with Gasteiger partial charge in [0, 0.05) is 13.1 Å². The summed E-state index contributed by atoms with van der Waals surface area (Å²) in [5.74, 6) is -0.245. The molecule has 1 amide bonds. The predicted octanol–water partition coefficient (Wildman–Crippen LogP) is -1.39. The van der Waals surface area contributed by atoms with E-state index in [1.54, 1.807) is 0 Å². The van der Waals surface area contributed by atoms with Gasteiger partial charge in [-0.05, 0) is 6.08 Å². The standard InChI is InChI=1S/C12H20N3O14P3/c1-6-13-9(14-7(2)16)3-4-15(6)12-11(18)10(17)8(27-12)5-26-31(22,23)29-32(24,25)28-30(19,20)21/h3-4,8,10-12,17-18H,1,5H2,2H3,(H,22,23)(H,24,25)(H,13,14,16)(H2,19,20,21)/t8-,10?,11+,12-/m1/s1. The van der Waals surface area contributed by atoms with E-state index >= 15 is 0 Å². The molecule has 7 N–H and O–H groups in total. The highest BCUT2D eigenvalue weighted by Gasteiger charge is 2.48. The second-order valence-corrected chi connectivity index (χ2v) is 10.7. The van der Waals surface area contributed by atoms with Gasteiger partial charge in [0.05, 0.1) is 6.61 Å². The fourth-order valence-electron chi connectivity index (χ4n) is 2.52. The highest BCUT2D eigenvalue weighted by Crippen LogP contribution is 2.66.